The average Bonchev–Trinajstić information content (AvgIpc) is 3.27. The van der Waals surface area contributed by atoms with Crippen molar-refractivity contribution in [2.75, 3.05) is 0 Å². The van der Waals surface area contributed by atoms with Crippen LogP contribution in [0.2, 0.25) is 0 Å². The van der Waals surface area contributed by atoms with Crippen LogP contribution >= 0.6 is 0 Å². The van der Waals surface area contributed by atoms with Crippen LogP contribution in [0.4, 0.5) is 0 Å². The van der Waals surface area contributed by atoms with Crippen LogP contribution in [0.3, 0.4) is 0 Å². The molecule has 0 unspecified atom stereocenters. The molecule has 0 saturated carbocycles. The Morgan fingerprint density at radius 1 is 1.11 bits per heavy atom. The molecule has 0 saturated heterocycles. The van der Waals surface area contributed by atoms with Gasteiger partial charge in [0.1, 0.15) is 0 Å². The molecular formula is C22H23N5O. The topological polar surface area (TPSA) is 64.7 Å². The third kappa shape index (κ3) is 3.81. The smallest absolute Gasteiger partial charge is 0.222 e. The fourth-order valence-electron chi connectivity index (χ4n) is 3.35. The molecule has 0 radical (unpaired) electrons. The molecule has 0 aliphatic rings. The normalized spacial score (nSPS) is 11.1. The number of aromatic nitrogens is 4. The number of hydrogen-bond donors (Lipinski definition) is 1. The van der Waals surface area contributed by atoms with E-state index in [1.165, 1.54) is 5.39 Å². The van der Waals surface area contributed by atoms with Crippen LogP contribution in [0.5, 0.6) is 0 Å². The van der Waals surface area contributed by atoms with E-state index in [0.29, 0.717) is 19.5 Å². The van der Waals surface area contributed by atoms with Gasteiger partial charge in [-0.05, 0) is 49.1 Å². The summed E-state index contributed by atoms with van der Waals surface area (Å²) in [6.45, 7) is 5.10. The Morgan fingerprint density at radius 2 is 1.96 bits per heavy atom. The molecule has 0 aliphatic heterocycles. The summed E-state index contributed by atoms with van der Waals surface area (Å²) in [5, 5.41) is 8.60. The average molecular weight is 373 g/mol. The standard InChI is InChI=1S/C22H23N5O/c1-16-13-17(2)27(25-16)21-8-7-18(14-23-21)15-24-22(28)10-12-26-11-9-19-5-3-4-6-20(19)26/h3-9,11,13-14H,10,12,15H2,1-2H3,(H,24,28). The number of nitrogens with zero attached hydrogens (tertiary/aromatic N) is 4. The van der Waals surface area contributed by atoms with Crippen molar-refractivity contribution in [2.45, 2.75) is 33.4 Å². The fraction of sp³-hybridized carbons (Fsp3) is 0.227. The molecule has 3 heterocycles. The van der Waals surface area contributed by atoms with E-state index >= 15 is 0 Å². The lowest BCUT2D eigenvalue weighted by Crippen LogP contribution is -2.24. The summed E-state index contributed by atoms with van der Waals surface area (Å²) < 4.78 is 3.93. The number of amides is 1. The van der Waals surface area contributed by atoms with Gasteiger partial charge in [0.2, 0.25) is 5.91 Å². The quantitative estimate of drug-likeness (QED) is 0.562. The highest BCUT2D eigenvalue weighted by Crippen LogP contribution is 2.15. The van der Waals surface area contributed by atoms with Gasteiger partial charge in [-0.2, -0.15) is 5.10 Å². The number of pyridine rings is 1. The number of aryl methyl sites for hydroxylation is 3. The van der Waals surface area contributed by atoms with Gasteiger partial charge in [0.05, 0.1) is 5.69 Å². The Bertz CT molecular complexity index is 1110. The van der Waals surface area contributed by atoms with Crippen molar-refractivity contribution in [1.29, 1.82) is 0 Å². The van der Waals surface area contributed by atoms with Crippen LogP contribution < -0.4 is 5.32 Å². The van der Waals surface area contributed by atoms with E-state index < -0.39 is 0 Å². The van der Waals surface area contributed by atoms with Gasteiger partial charge in [-0.1, -0.05) is 24.3 Å². The molecule has 0 fully saturated rings. The van der Waals surface area contributed by atoms with Gasteiger partial charge in [0.15, 0.2) is 5.82 Å². The second-order valence-corrected chi connectivity index (χ2v) is 6.96. The summed E-state index contributed by atoms with van der Waals surface area (Å²) >= 11 is 0. The summed E-state index contributed by atoms with van der Waals surface area (Å²) in [7, 11) is 0. The van der Waals surface area contributed by atoms with Gasteiger partial charge in [-0.15, -0.1) is 0 Å². The van der Waals surface area contributed by atoms with Crippen molar-refractivity contribution in [2.24, 2.45) is 0 Å². The van der Waals surface area contributed by atoms with Gasteiger partial charge in [-0.3, -0.25) is 4.79 Å². The van der Waals surface area contributed by atoms with Crippen LogP contribution in [-0.4, -0.2) is 25.2 Å². The highest BCUT2D eigenvalue weighted by molar-refractivity contribution is 5.80. The molecule has 1 aromatic carbocycles. The van der Waals surface area contributed by atoms with Crippen molar-refractivity contribution in [3.63, 3.8) is 0 Å². The van der Waals surface area contributed by atoms with Gasteiger partial charge >= 0.3 is 0 Å². The molecule has 0 bridgehead atoms. The molecule has 0 spiro atoms. The zero-order chi connectivity index (χ0) is 19.5. The molecule has 6 nitrogen and oxygen atoms in total. The van der Waals surface area contributed by atoms with Crippen LogP contribution in [0.25, 0.3) is 16.7 Å². The van der Waals surface area contributed by atoms with Crippen molar-refractivity contribution in [3.05, 3.63) is 77.9 Å². The molecule has 142 valence electrons. The molecule has 0 atom stereocenters. The number of fused-ring (bicyclic) bond motifs is 1. The molecule has 6 heteroatoms. The van der Waals surface area contributed by atoms with E-state index in [2.05, 4.69) is 38.2 Å². The number of para-hydroxylation sites is 1. The first kappa shape index (κ1) is 18.0. The summed E-state index contributed by atoms with van der Waals surface area (Å²) in [5.74, 6) is 0.806. The maximum Gasteiger partial charge on any atom is 0.222 e. The highest BCUT2D eigenvalue weighted by atomic mass is 16.1. The van der Waals surface area contributed by atoms with E-state index in [-0.39, 0.29) is 5.91 Å². The lowest BCUT2D eigenvalue weighted by Gasteiger charge is -2.08. The zero-order valence-corrected chi connectivity index (χ0v) is 16.1. The molecule has 28 heavy (non-hydrogen) atoms. The maximum atomic E-state index is 12.2. The van der Waals surface area contributed by atoms with Gasteiger partial charge < -0.3 is 9.88 Å². The number of hydrogen-bond acceptors (Lipinski definition) is 3. The summed E-state index contributed by atoms with van der Waals surface area (Å²) in [4.78, 5) is 16.7. The van der Waals surface area contributed by atoms with Crippen LogP contribution in [-0.2, 0) is 17.9 Å². The minimum absolute atomic E-state index is 0.0282. The van der Waals surface area contributed by atoms with Gasteiger partial charge in [-0.25, -0.2) is 9.67 Å². The van der Waals surface area contributed by atoms with Crippen molar-refractivity contribution < 1.29 is 4.79 Å². The van der Waals surface area contributed by atoms with E-state index in [0.717, 1.165) is 28.3 Å². The minimum atomic E-state index is 0.0282. The minimum Gasteiger partial charge on any atom is -0.352 e. The second-order valence-electron chi connectivity index (χ2n) is 6.96. The Balaban J connectivity index is 1.31. The molecular weight excluding hydrogens is 350 g/mol. The second kappa shape index (κ2) is 7.68. The van der Waals surface area contributed by atoms with Crippen molar-refractivity contribution >= 4 is 16.8 Å². The molecule has 1 amide bonds. The van der Waals surface area contributed by atoms with E-state index in [1.807, 2.05) is 55.1 Å². The third-order valence-electron chi connectivity index (χ3n) is 4.79. The molecule has 0 aliphatic carbocycles. The van der Waals surface area contributed by atoms with Crippen LogP contribution in [0.1, 0.15) is 23.4 Å². The Morgan fingerprint density at radius 3 is 2.71 bits per heavy atom. The maximum absolute atomic E-state index is 12.2. The summed E-state index contributed by atoms with van der Waals surface area (Å²) in [5.41, 5.74) is 4.12. The molecule has 4 aromatic rings. The van der Waals surface area contributed by atoms with Crippen LogP contribution in [0.15, 0.2) is 60.9 Å². The predicted molar refractivity (Wildman–Crippen MR) is 109 cm³/mol. The van der Waals surface area contributed by atoms with E-state index in [9.17, 15) is 4.79 Å². The highest BCUT2D eigenvalue weighted by Gasteiger charge is 2.07. The molecule has 4 rings (SSSR count). The summed E-state index contributed by atoms with van der Waals surface area (Å²) in [6, 6.07) is 16.2. The molecule has 3 aromatic heterocycles. The Kier molecular flexibility index (Phi) is 4.93. The monoisotopic (exact) mass is 373 g/mol. The Hall–Kier alpha value is -3.41. The van der Waals surface area contributed by atoms with Gasteiger partial charge in [0, 0.05) is 43.1 Å². The number of nitrogens with one attached hydrogen (secondary N) is 1. The lowest BCUT2D eigenvalue weighted by molar-refractivity contribution is -0.121. The van der Waals surface area contributed by atoms with Gasteiger partial charge in [0.25, 0.3) is 0 Å². The molecule has 1 N–H and O–H groups in total. The number of carbonyl (C=O) groups excluding carboxylic acids is 1. The largest absolute Gasteiger partial charge is 0.352 e. The lowest BCUT2D eigenvalue weighted by atomic mass is 10.2. The predicted octanol–water partition coefficient (Wildman–Crippen LogP) is 3.55. The first-order valence-corrected chi connectivity index (χ1v) is 9.39. The Labute approximate surface area is 163 Å². The third-order valence-corrected chi connectivity index (χ3v) is 4.79. The van der Waals surface area contributed by atoms with Crippen LogP contribution in [0, 0.1) is 13.8 Å². The number of benzene rings is 1. The SMILES string of the molecule is Cc1cc(C)n(-c2ccc(CNC(=O)CCn3ccc4ccccc43)cn2)n1. The number of rotatable bonds is 6. The first-order chi connectivity index (χ1) is 13.6. The zero-order valence-electron chi connectivity index (χ0n) is 16.1. The van der Waals surface area contributed by atoms with E-state index in [1.54, 1.807) is 6.20 Å². The van der Waals surface area contributed by atoms with Crippen molar-refractivity contribution in [1.82, 2.24) is 24.6 Å². The first-order valence-electron chi connectivity index (χ1n) is 9.39. The van der Waals surface area contributed by atoms with E-state index in [4.69, 9.17) is 0 Å². The summed E-state index contributed by atoms with van der Waals surface area (Å²) in [6.07, 6.45) is 4.25. The number of carbonyl (C=O) groups is 1. The van der Waals surface area contributed by atoms with Crippen molar-refractivity contribution in [3.8, 4) is 5.82 Å². The fourth-order valence-corrected chi connectivity index (χ4v) is 3.35.